The smallest absolute Gasteiger partial charge is 0.280 e. The first-order valence-electron chi connectivity index (χ1n) is 7.48. The Bertz CT molecular complexity index is 841. The molecule has 2 rings (SSSR count). The molecule has 0 atom stereocenters. The minimum absolute atomic E-state index is 0.110. The van der Waals surface area contributed by atoms with Crippen LogP contribution in [0.2, 0.25) is 0 Å². The molecule has 0 spiro atoms. The molecule has 146 valence electrons. The van der Waals surface area contributed by atoms with Crippen LogP contribution in [0, 0.1) is 17.0 Å². The van der Waals surface area contributed by atoms with Crippen molar-refractivity contribution in [2.45, 2.75) is 26.3 Å². The van der Waals surface area contributed by atoms with Gasteiger partial charge in [0.1, 0.15) is 24.6 Å². The molecule has 27 heavy (non-hydrogen) atoms. The van der Waals surface area contributed by atoms with E-state index in [0.29, 0.717) is 0 Å². The van der Waals surface area contributed by atoms with Crippen molar-refractivity contribution in [2.75, 3.05) is 11.9 Å². The lowest BCUT2D eigenvalue weighted by Crippen LogP contribution is -2.21. The van der Waals surface area contributed by atoms with Crippen LogP contribution in [0.3, 0.4) is 0 Å². The Balaban J connectivity index is 2.17. The fraction of sp³-hybridized carbons (Fsp3) is 0.333. The molecule has 0 aliphatic carbocycles. The summed E-state index contributed by atoms with van der Waals surface area (Å²) in [4.78, 5) is 22.2. The van der Waals surface area contributed by atoms with E-state index in [4.69, 9.17) is 4.74 Å². The second kappa shape index (κ2) is 8.47. The number of aromatic nitrogens is 2. The Hall–Kier alpha value is -3.18. The molecule has 0 radical (unpaired) electrons. The summed E-state index contributed by atoms with van der Waals surface area (Å²) in [6, 6.07) is 4.14. The minimum atomic E-state index is -2.84. The number of ether oxygens (including phenoxy) is 1. The number of benzene rings is 1. The van der Waals surface area contributed by atoms with Gasteiger partial charge in [-0.05, 0) is 13.0 Å². The summed E-state index contributed by atoms with van der Waals surface area (Å²) in [5.74, 6) is -1.04. The fourth-order valence-corrected chi connectivity index (χ4v) is 2.21. The lowest BCUT2D eigenvalue weighted by atomic mass is 10.2. The molecule has 0 unspecified atom stereocenters. The number of amides is 1. The molecule has 12 heteroatoms. The zero-order valence-corrected chi connectivity index (χ0v) is 13.9. The van der Waals surface area contributed by atoms with Crippen LogP contribution in [0.25, 0.3) is 0 Å². The van der Waals surface area contributed by atoms with Gasteiger partial charge in [-0.2, -0.15) is 5.10 Å². The number of aryl methyl sites for hydroxylation is 1. The van der Waals surface area contributed by atoms with E-state index in [0.717, 1.165) is 28.9 Å². The van der Waals surface area contributed by atoms with Crippen molar-refractivity contribution in [3.63, 3.8) is 0 Å². The van der Waals surface area contributed by atoms with Crippen LogP contribution in [0.15, 0.2) is 24.3 Å². The number of rotatable bonds is 8. The van der Waals surface area contributed by atoms with E-state index < -0.39 is 48.2 Å². The van der Waals surface area contributed by atoms with Crippen molar-refractivity contribution in [3.05, 3.63) is 45.8 Å². The van der Waals surface area contributed by atoms with Gasteiger partial charge < -0.3 is 10.1 Å². The number of nitrogens with one attached hydrogen (secondary N) is 1. The number of nitrogens with zero attached hydrogens (tertiary/aromatic N) is 3. The monoisotopic (exact) mass is 390 g/mol. The van der Waals surface area contributed by atoms with Gasteiger partial charge in [-0.1, -0.05) is 0 Å². The van der Waals surface area contributed by atoms with Crippen molar-refractivity contribution in [1.29, 1.82) is 0 Å². The SMILES string of the molecule is Cc1cc(C(F)F)n(CC(=O)Nc2cc(OCC(F)F)cc([N+](=O)[O-])c2)n1. The molecule has 0 fully saturated rings. The van der Waals surface area contributed by atoms with Crippen molar-refractivity contribution in [1.82, 2.24) is 9.78 Å². The van der Waals surface area contributed by atoms with Crippen LogP contribution >= 0.6 is 0 Å². The molecule has 2 aromatic rings. The summed E-state index contributed by atoms with van der Waals surface area (Å²) in [7, 11) is 0. The van der Waals surface area contributed by atoms with Crippen LogP contribution in [-0.4, -0.2) is 33.6 Å². The average Bonchev–Trinajstić information content (AvgIpc) is 2.93. The van der Waals surface area contributed by atoms with Crippen molar-refractivity contribution in [2.24, 2.45) is 0 Å². The number of carbonyl (C=O) groups excluding carboxylic acids is 1. The summed E-state index contributed by atoms with van der Waals surface area (Å²) >= 11 is 0. The summed E-state index contributed by atoms with van der Waals surface area (Å²) in [5.41, 5.74) is -0.778. The first kappa shape index (κ1) is 20.1. The van der Waals surface area contributed by atoms with E-state index in [1.165, 1.54) is 6.92 Å². The van der Waals surface area contributed by atoms with Gasteiger partial charge in [-0.25, -0.2) is 17.6 Å². The van der Waals surface area contributed by atoms with Crippen molar-refractivity contribution >= 4 is 17.3 Å². The molecule has 1 N–H and O–H groups in total. The molecule has 1 amide bonds. The zero-order valence-electron chi connectivity index (χ0n) is 13.9. The Labute approximate surface area is 149 Å². The highest BCUT2D eigenvalue weighted by Crippen LogP contribution is 2.26. The summed E-state index contributed by atoms with van der Waals surface area (Å²) in [5, 5.41) is 17.0. The highest BCUT2D eigenvalue weighted by Gasteiger charge is 2.18. The van der Waals surface area contributed by atoms with E-state index >= 15 is 0 Å². The van der Waals surface area contributed by atoms with E-state index in [1.807, 2.05) is 0 Å². The predicted octanol–water partition coefficient (Wildman–Crippen LogP) is 3.32. The summed E-state index contributed by atoms with van der Waals surface area (Å²) < 4.78 is 55.8. The molecular formula is C15H14F4N4O4. The van der Waals surface area contributed by atoms with Gasteiger partial charge in [-0.3, -0.25) is 19.6 Å². The maximum absolute atomic E-state index is 12.9. The largest absolute Gasteiger partial charge is 0.487 e. The Morgan fingerprint density at radius 2 is 2.00 bits per heavy atom. The van der Waals surface area contributed by atoms with Crippen LogP contribution in [0.1, 0.15) is 17.8 Å². The normalized spacial score (nSPS) is 11.1. The minimum Gasteiger partial charge on any atom is -0.487 e. The number of nitro benzene ring substituents is 1. The molecule has 0 aliphatic rings. The fourth-order valence-electron chi connectivity index (χ4n) is 2.21. The lowest BCUT2D eigenvalue weighted by Gasteiger charge is -2.10. The van der Waals surface area contributed by atoms with Crippen LogP contribution < -0.4 is 10.1 Å². The van der Waals surface area contributed by atoms with Crippen molar-refractivity contribution < 1.29 is 32.0 Å². The number of hydrogen-bond donors (Lipinski definition) is 1. The highest BCUT2D eigenvalue weighted by molar-refractivity contribution is 5.91. The number of hydrogen-bond acceptors (Lipinski definition) is 5. The van der Waals surface area contributed by atoms with Gasteiger partial charge in [0.15, 0.2) is 0 Å². The van der Waals surface area contributed by atoms with Crippen LogP contribution in [0.5, 0.6) is 5.75 Å². The zero-order chi connectivity index (χ0) is 20.1. The highest BCUT2D eigenvalue weighted by atomic mass is 19.3. The Morgan fingerprint density at radius 1 is 1.30 bits per heavy atom. The quantitative estimate of drug-likeness (QED) is 0.424. The topological polar surface area (TPSA) is 99.3 Å². The Kier molecular flexibility index (Phi) is 6.32. The Morgan fingerprint density at radius 3 is 2.59 bits per heavy atom. The summed E-state index contributed by atoms with van der Waals surface area (Å²) in [6.07, 6.45) is -5.63. The van der Waals surface area contributed by atoms with E-state index in [1.54, 1.807) is 0 Å². The maximum atomic E-state index is 12.9. The number of alkyl halides is 4. The average molecular weight is 390 g/mol. The number of non-ortho nitro benzene ring substituents is 1. The first-order chi connectivity index (χ1) is 12.7. The molecule has 1 aromatic heterocycles. The van der Waals surface area contributed by atoms with Gasteiger partial charge in [0.25, 0.3) is 18.5 Å². The number of anilines is 1. The third-order valence-electron chi connectivity index (χ3n) is 3.21. The van der Waals surface area contributed by atoms with E-state index in [9.17, 15) is 32.5 Å². The first-order valence-corrected chi connectivity index (χ1v) is 7.48. The lowest BCUT2D eigenvalue weighted by molar-refractivity contribution is -0.384. The second-order valence-electron chi connectivity index (χ2n) is 5.39. The second-order valence-corrected chi connectivity index (χ2v) is 5.39. The molecule has 0 aliphatic heterocycles. The summed E-state index contributed by atoms with van der Waals surface area (Å²) in [6.45, 7) is -0.0736. The number of nitro groups is 1. The van der Waals surface area contributed by atoms with Gasteiger partial charge in [0.2, 0.25) is 5.91 Å². The third kappa shape index (κ3) is 5.66. The standard InChI is InChI=1S/C15H14F4N4O4/c1-8-2-12(15(18)19)22(21-8)6-14(24)20-9-3-10(23(25)26)5-11(4-9)27-7-13(16)17/h2-5,13,15H,6-7H2,1H3,(H,20,24). The van der Waals surface area contributed by atoms with Gasteiger partial charge in [0, 0.05) is 12.1 Å². The molecule has 1 heterocycles. The third-order valence-corrected chi connectivity index (χ3v) is 3.21. The number of carbonyl (C=O) groups is 1. The van der Waals surface area contributed by atoms with Gasteiger partial charge in [0.05, 0.1) is 22.4 Å². The molecule has 0 saturated heterocycles. The molecule has 0 saturated carbocycles. The predicted molar refractivity (Wildman–Crippen MR) is 85.1 cm³/mol. The molecule has 1 aromatic carbocycles. The van der Waals surface area contributed by atoms with Gasteiger partial charge >= 0.3 is 0 Å². The maximum Gasteiger partial charge on any atom is 0.280 e. The van der Waals surface area contributed by atoms with Gasteiger partial charge in [-0.15, -0.1) is 0 Å². The van der Waals surface area contributed by atoms with Crippen LogP contribution in [-0.2, 0) is 11.3 Å². The molecule has 0 bridgehead atoms. The van der Waals surface area contributed by atoms with E-state index in [-0.39, 0.29) is 17.1 Å². The van der Waals surface area contributed by atoms with Crippen LogP contribution in [0.4, 0.5) is 28.9 Å². The van der Waals surface area contributed by atoms with E-state index in [2.05, 4.69) is 10.4 Å². The molecule has 8 nitrogen and oxygen atoms in total. The number of halogens is 4. The molecular weight excluding hydrogens is 376 g/mol. The van der Waals surface area contributed by atoms with Crippen molar-refractivity contribution in [3.8, 4) is 5.75 Å².